The highest BCUT2D eigenvalue weighted by molar-refractivity contribution is 5.96. The van der Waals surface area contributed by atoms with Crippen molar-refractivity contribution in [2.24, 2.45) is 5.92 Å². The third kappa shape index (κ3) is 3.97. The van der Waals surface area contributed by atoms with Crippen molar-refractivity contribution in [1.82, 2.24) is 10.2 Å². The number of esters is 1. The van der Waals surface area contributed by atoms with Gasteiger partial charge in [-0.1, -0.05) is 12.1 Å². The summed E-state index contributed by atoms with van der Waals surface area (Å²) in [5, 5.41) is 5.79. The topological polar surface area (TPSA) is 87.7 Å². The van der Waals surface area contributed by atoms with E-state index in [0.717, 1.165) is 18.4 Å². The number of allylic oxidation sites excluding steroid dienone is 1. The van der Waals surface area contributed by atoms with E-state index in [-0.39, 0.29) is 24.5 Å². The van der Waals surface area contributed by atoms with Crippen molar-refractivity contribution >= 4 is 23.6 Å². The lowest BCUT2D eigenvalue weighted by Gasteiger charge is -2.34. The van der Waals surface area contributed by atoms with Crippen LogP contribution in [0.4, 0.5) is 10.5 Å². The smallest absolute Gasteiger partial charge is 0.338 e. The maximum atomic E-state index is 12.6. The van der Waals surface area contributed by atoms with Crippen molar-refractivity contribution in [2.45, 2.75) is 39.7 Å². The molecule has 1 aromatic carbocycles. The van der Waals surface area contributed by atoms with Gasteiger partial charge in [-0.2, -0.15) is 0 Å². The van der Waals surface area contributed by atoms with E-state index in [2.05, 4.69) is 10.6 Å². The minimum atomic E-state index is -0.628. The Labute approximate surface area is 158 Å². The fraction of sp³-hybridized carbons (Fsp3) is 0.450. The summed E-state index contributed by atoms with van der Waals surface area (Å²) in [5.41, 5.74) is 2.36. The van der Waals surface area contributed by atoms with Crippen molar-refractivity contribution in [2.75, 3.05) is 18.5 Å². The number of rotatable bonds is 6. The van der Waals surface area contributed by atoms with E-state index in [1.165, 1.54) is 4.90 Å². The third-order valence-electron chi connectivity index (χ3n) is 4.84. The van der Waals surface area contributed by atoms with Gasteiger partial charge in [0.05, 0.1) is 18.2 Å². The molecule has 7 nitrogen and oxygen atoms in total. The largest absolute Gasteiger partial charge is 0.463 e. The van der Waals surface area contributed by atoms with Crippen LogP contribution >= 0.6 is 0 Å². The lowest BCUT2D eigenvalue weighted by Crippen LogP contribution is -2.47. The number of amides is 3. The molecule has 0 unspecified atom stereocenters. The summed E-state index contributed by atoms with van der Waals surface area (Å²) in [6, 6.07) is 6.32. The zero-order chi connectivity index (χ0) is 19.6. The third-order valence-corrected chi connectivity index (χ3v) is 4.84. The normalized spacial score (nSPS) is 19.6. The highest BCUT2D eigenvalue weighted by atomic mass is 16.5. The molecule has 1 aliphatic heterocycles. The maximum absolute atomic E-state index is 12.6. The Kier molecular flexibility index (Phi) is 5.48. The van der Waals surface area contributed by atoms with Crippen LogP contribution in [0.1, 0.15) is 45.2 Å². The molecule has 1 aromatic rings. The van der Waals surface area contributed by atoms with Crippen LogP contribution in [-0.2, 0) is 14.3 Å². The van der Waals surface area contributed by atoms with Gasteiger partial charge in [-0.3, -0.25) is 9.69 Å². The second-order valence-electron chi connectivity index (χ2n) is 6.74. The molecule has 1 fully saturated rings. The predicted molar refractivity (Wildman–Crippen MR) is 101 cm³/mol. The Morgan fingerprint density at radius 1 is 1.30 bits per heavy atom. The lowest BCUT2D eigenvalue weighted by atomic mass is 9.94. The second-order valence-corrected chi connectivity index (χ2v) is 6.74. The minimum Gasteiger partial charge on any atom is -0.463 e. The van der Waals surface area contributed by atoms with Crippen LogP contribution in [0.5, 0.6) is 0 Å². The van der Waals surface area contributed by atoms with Crippen molar-refractivity contribution in [3.05, 3.63) is 41.1 Å². The van der Waals surface area contributed by atoms with Gasteiger partial charge in [0, 0.05) is 23.8 Å². The number of urea groups is 1. The van der Waals surface area contributed by atoms with E-state index < -0.39 is 12.0 Å². The van der Waals surface area contributed by atoms with Gasteiger partial charge >= 0.3 is 12.0 Å². The number of ether oxygens (including phenoxy) is 1. The van der Waals surface area contributed by atoms with Crippen molar-refractivity contribution in [3.8, 4) is 0 Å². The first-order valence-corrected chi connectivity index (χ1v) is 9.33. The van der Waals surface area contributed by atoms with Crippen LogP contribution in [0.2, 0.25) is 0 Å². The second kappa shape index (κ2) is 7.82. The van der Waals surface area contributed by atoms with Gasteiger partial charge < -0.3 is 15.4 Å². The van der Waals surface area contributed by atoms with E-state index >= 15 is 0 Å². The number of carbonyl (C=O) groups excluding carboxylic acids is 3. The number of hydrogen-bond acceptors (Lipinski definition) is 4. The van der Waals surface area contributed by atoms with Crippen LogP contribution in [-0.4, -0.2) is 36.0 Å². The summed E-state index contributed by atoms with van der Waals surface area (Å²) in [6.07, 6.45) is 1.85. The van der Waals surface area contributed by atoms with Crippen LogP contribution in [0.25, 0.3) is 0 Å². The first-order chi connectivity index (χ1) is 13.0. The van der Waals surface area contributed by atoms with Gasteiger partial charge in [-0.25, -0.2) is 9.59 Å². The fourth-order valence-corrected chi connectivity index (χ4v) is 3.27. The standard InChI is InChI=1S/C20H25N3O4/c1-4-23-12(3)16(19(25)27-5-2)17(22-20(23)26)14-7-6-8-15(11-14)21-18(24)13-9-10-13/h6-8,11,13,17H,4-5,9-10H2,1-3H3,(H,21,24)(H,22,26)/t17-/m0/s1. The lowest BCUT2D eigenvalue weighted by molar-refractivity contribution is -0.139. The van der Waals surface area contributed by atoms with E-state index in [1.807, 2.05) is 13.0 Å². The number of hydrogen-bond donors (Lipinski definition) is 2. The molecule has 27 heavy (non-hydrogen) atoms. The number of benzene rings is 1. The molecule has 0 aromatic heterocycles. The average molecular weight is 371 g/mol. The van der Waals surface area contributed by atoms with Gasteiger partial charge in [0.1, 0.15) is 0 Å². The summed E-state index contributed by atoms with van der Waals surface area (Å²) >= 11 is 0. The molecule has 0 spiro atoms. The van der Waals surface area contributed by atoms with Crippen LogP contribution in [0.15, 0.2) is 35.5 Å². The Morgan fingerprint density at radius 2 is 2.04 bits per heavy atom. The van der Waals surface area contributed by atoms with E-state index in [0.29, 0.717) is 23.5 Å². The Morgan fingerprint density at radius 3 is 2.67 bits per heavy atom. The predicted octanol–water partition coefficient (Wildman–Crippen LogP) is 2.96. The Balaban J connectivity index is 1.95. The van der Waals surface area contributed by atoms with Crippen LogP contribution < -0.4 is 10.6 Å². The zero-order valence-electron chi connectivity index (χ0n) is 15.9. The van der Waals surface area contributed by atoms with Gasteiger partial charge in [-0.15, -0.1) is 0 Å². The number of carbonyl (C=O) groups is 3. The molecule has 3 rings (SSSR count). The first kappa shape index (κ1) is 18.9. The summed E-state index contributed by atoms with van der Waals surface area (Å²) in [6.45, 7) is 6.04. The molecule has 0 radical (unpaired) electrons. The summed E-state index contributed by atoms with van der Waals surface area (Å²) in [5.74, 6) is -0.349. The van der Waals surface area contributed by atoms with Crippen molar-refractivity contribution in [1.29, 1.82) is 0 Å². The van der Waals surface area contributed by atoms with E-state index in [9.17, 15) is 14.4 Å². The van der Waals surface area contributed by atoms with Gasteiger partial charge in [0.15, 0.2) is 0 Å². The zero-order valence-corrected chi connectivity index (χ0v) is 15.9. The minimum absolute atomic E-state index is 0.00864. The van der Waals surface area contributed by atoms with Gasteiger partial charge in [0.25, 0.3) is 0 Å². The van der Waals surface area contributed by atoms with Crippen LogP contribution in [0, 0.1) is 5.92 Å². The monoisotopic (exact) mass is 371 g/mol. The van der Waals surface area contributed by atoms with Gasteiger partial charge in [-0.05, 0) is 51.3 Å². The SMILES string of the molecule is CCOC(=O)C1=C(C)N(CC)C(=O)N[C@H]1c1cccc(NC(=O)C2CC2)c1. The Bertz CT molecular complexity index is 798. The maximum Gasteiger partial charge on any atom is 0.338 e. The first-order valence-electron chi connectivity index (χ1n) is 9.33. The van der Waals surface area contributed by atoms with E-state index in [4.69, 9.17) is 4.74 Å². The molecule has 1 heterocycles. The summed E-state index contributed by atoms with van der Waals surface area (Å²) in [4.78, 5) is 38.6. The molecular formula is C20H25N3O4. The van der Waals surface area contributed by atoms with E-state index in [1.54, 1.807) is 32.0 Å². The molecule has 2 N–H and O–H groups in total. The quantitative estimate of drug-likeness (QED) is 0.753. The van der Waals surface area contributed by atoms with Crippen molar-refractivity contribution < 1.29 is 19.1 Å². The molecule has 7 heteroatoms. The van der Waals surface area contributed by atoms with Crippen LogP contribution in [0.3, 0.4) is 0 Å². The number of anilines is 1. The molecule has 1 atom stereocenters. The highest BCUT2D eigenvalue weighted by Crippen LogP contribution is 2.33. The molecule has 144 valence electrons. The molecule has 3 amide bonds. The fourth-order valence-electron chi connectivity index (χ4n) is 3.27. The highest BCUT2D eigenvalue weighted by Gasteiger charge is 2.36. The molecule has 2 aliphatic rings. The molecule has 1 saturated carbocycles. The molecular weight excluding hydrogens is 346 g/mol. The summed E-state index contributed by atoms with van der Waals surface area (Å²) in [7, 11) is 0. The molecule has 1 aliphatic carbocycles. The average Bonchev–Trinajstić information content (AvgIpc) is 3.47. The van der Waals surface area contributed by atoms with Crippen molar-refractivity contribution in [3.63, 3.8) is 0 Å². The Hall–Kier alpha value is -2.83. The number of nitrogens with one attached hydrogen (secondary N) is 2. The van der Waals surface area contributed by atoms with Gasteiger partial charge in [0.2, 0.25) is 5.91 Å². The number of nitrogens with zero attached hydrogens (tertiary/aromatic N) is 1. The molecule has 0 saturated heterocycles. The molecule has 0 bridgehead atoms. The summed E-state index contributed by atoms with van der Waals surface area (Å²) < 4.78 is 5.22.